The van der Waals surface area contributed by atoms with Gasteiger partial charge in [0.1, 0.15) is 5.82 Å². The van der Waals surface area contributed by atoms with E-state index in [0.717, 1.165) is 29.9 Å². The van der Waals surface area contributed by atoms with Gasteiger partial charge in [0.15, 0.2) is 11.6 Å². The van der Waals surface area contributed by atoms with Crippen molar-refractivity contribution in [2.24, 2.45) is 5.92 Å². The largest absolute Gasteiger partial charge is 0.324 e. The predicted molar refractivity (Wildman–Crippen MR) is 99.1 cm³/mol. The Labute approximate surface area is 155 Å². The molecule has 0 aliphatic heterocycles. The number of rotatable bonds is 4. The number of para-hydroxylation sites is 1. The summed E-state index contributed by atoms with van der Waals surface area (Å²) in [5.74, 6) is -0.508. The van der Waals surface area contributed by atoms with Gasteiger partial charge in [0.2, 0.25) is 0 Å². The number of halogens is 2. The minimum Gasteiger partial charge on any atom is -0.308 e. The number of amides is 2. The maximum absolute atomic E-state index is 13.3. The number of anilines is 2. The van der Waals surface area contributed by atoms with Crippen LogP contribution in [-0.2, 0) is 0 Å². The van der Waals surface area contributed by atoms with Crippen molar-refractivity contribution in [3.8, 4) is 5.69 Å². The van der Waals surface area contributed by atoms with Crippen LogP contribution in [-0.4, -0.2) is 15.8 Å². The van der Waals surface area contributed by atoms with Gasteiger partial charge in [-0.25, -0.2) is 18.3 Å². The molecule has 1 saturated carbocycles. The molecule has 138 valence electrons. The minimum absolute atomic E-state index is 0.160. The molecule has 2 N–H and O–H groups in total. The van der Waals surface area contributed by atoms with Crippen LogP contribution in [0.15, 0.2) is 54.6 Å². The lowest BCUT2D eigenvalue weighted by atomic mass is 10.2. The van der Waals surface area contributed by atoms with Gasteiger partial charge in [0.25, 0.3) is 0 Å². The van der Waals surface area contributed by atoms with E-state index in [1.807, 2.05) is 36.4 Å². The molecule has 27 heavy (non-hydrogen) atoms. The third-order valence-electron chi connectivity index (χ3n) is 4.64. The average molecular weight is 368 g/mol. The Morgan fingerprint density at radius 2 is 1.81 bits per heavy atom. The molecular weight excluding hydrogens is 350 g/mol. The topological polar surface area (TPSA) is 59.0 Å². The van der Waals surface area contributed by atoms with E-state index in [4.69, 9.17) is 0 Å². The molecule has 2 unspecified atom stereocenters. The van der Waals surface area contributed by atoms with Crippen LogP contribution >= 0.6 is 0 Å². The normalized spacial score (nSPS) is 18.2. The van der Waals surface area contributed by atoms with Crippen LogP contribution in [0, 0.1) is 17.6 Å². The van der Waals surface area contributed by atoms with Gasteiger partial charge in [-0.3, -0.25) is 5.32 Å². The van der Waals surface area contributed by atoms with Crippen molar-refractivity contribution in [2.75, 3.05) is 10.6 Å². The molecule has 1 aliphatic carbocycles. The van der Waals surface area contributed by atoms with Crippen LogP contribution in [0.25, 0.3) is 5.69 Å². The zero-order chi connectivity index (χ0) is 19.0. The van der Waals surface area contributed by atoms with Crippen LogP contribution in [0.5, 0.6) is 0 Å². The van der Waals surface area contributed by atoms with E-state index in [1.165, 1.54) is 6.07 Å². The number of hydrogen-bond acceptors (Lipinski definition) is 2. The molecule has 4 rings (SSSR count). The van der Waals surface area contributed by atoms with Crippen molar-refractivity contribution in [1.82, 2.24) is 9.78 Å². The predicted octanol–water partition coefficient (Wildman–Crippen LogP) is 4.92. The summed E-state index contributed by atoms with van der Waals surface area (Å²) < 4.78 is 28.0. The third-order valence-corrected chi connectivity index (χ3v) is 4.64. The molecule has 0 saturated heterocycles. The van der Waals surface area contributed by atoms with Gasteiger partial charge in [0.05, 0.1) is 11.4 Å². The summed E-state index contributed by atoms with van der Waals surface area (Å²) in [7, 11) is 0. The molecule has 1 heterocycles. The lowest BCUT2D eigenvalue weighted by Crippen LogP contribution is -2.21. The number of carbonyl (C=O) groups excluding carboxylic acids is 1. The number of nitrogens with one attached hydrogen (secondary N) is 2. The number of nitrogens with zero attached hydrogens (tertiary/aromatic N) is 2. The first kappa shape index (κ1) is 17.2. The van der Waals surface area contributed by atoms with Crippen LogP contribution in [0.4, 0.5) is 25.1 Å². The average Bonchev–Trinajstić information content (AvgIpc) is 3.24. The monoisotopic (exact) mass is 368 g/mol. The number of aromatic nitrogens is 2. The summed E-state index contributed by atoms with van der Waals surface area (Å²) >= 11 is 0. The van der Waals surface area contributed by atoms with Crippen LogP contribution in [0.2, 0.25) is 0 Å². The molecule has 5 nitrogen and oxygen atoms in total. The summed E-state index contributed by atoms with van der Waals surface area (Å²) in [4.78, 5) is 12.3. The molecule has 0 spiro atoms. The van der Waals surface area contributed by atoms with Gasteiger partial charge in [0, 0.05) is 23.7 Å². The Balaban J connectivity index is 1.57. The second-order valence-electron chi connectivity index (χ2n) is 6.73. The molecule has 1 fully saturated rings. The van der Waals surface area contributed by atoms with Crippen LogP contribution in [0.1, 0.15) is 25.0 Å². The standard InChI is InChI=1S/C20H18F2N4O/c1-12-9-15(12)18-11-19(26(25-18)14-5-3-2-4-6-14)24-20(27)23-13-7-8-16(21)17(22)10-13/h2-8,10-12,15H,9H2,1H3,(H2,23,24,27). The maximum Gasteiger partial charge on any atom is 0.324 e. The van der Waals surface area contributed by atoms with E-state index in [9.17, 15) is 13.6 Å². The second kappa shape index (κ2) is 6.83. The smallest absolute Gasteiger partial charge is 0.308 e. The van der Waals surface area contributed by atoms with E-state index >= 15 is 0 Å². The molecule has 1 aromatic heterocycles. The molecule has 7 heteroatoms. The first-order chi connectivity index (χ1) is 13.0. The number of hydrogen-bond donors (Lipinski definition) is 2. The van der Waals surface area contributed by atoms with E-state index < -0.39 is 17.7 Å². The zero-order valence-corrected chi connectivity index (χ0v) is 14.6. The summed E-state index contributed by atoms with van der Waals surface area (Å²) in [6.45, 7) is 2.16. The first-order valence-corrected chi connectivity index (χ1v) is 8.69. The summed E-state index contributed by atoms with van der Waals surface area (Å²) in [5, 5.41) is 9.89. The van der Waals surface area contributed by atoms with E-state index in [-0.39, 0.29) is 5.69 Å². The maximum atomic E-state index is 13.3. The van der Waals surface area contributed by atoms with Crippen molar-refractivity contribution >= 4 is 17.5 Å². The van der Waals surface area contributed by atoms with Crippen LogP contribution < -0.4 is 10.6 Å². The van der Waals surface area contributed by atoms with Crippen molar-refractivity contribution in [3.63, 3.8) is 0 Å². The van der Waals surface area contributed by atoms with Crippen molar-refractivity contribution in [3.05, 3.63) is 71.9 Å². The Hall–Kier alpha value is -3.22. The van der Waals surface area contributed by atoms with E-state index in [0.29, 0.717) is 17.7 Å². The lowest BCUT2D eigenvalue weighted by molar-refractivity contribution is 0.262. The molecular formula is C20H18F2N4O. The van der Waals surface area contributed by atoms with Gasteiger partial charge in [-0.15, -0.1) is 0 Å². The minimum atomic E-state index is -1.02. The van der Waals surface area contributed by atoms with Gasteiger partial charge < -0.3 is 5.32 Å². The number of benzene rings is 2. The van der Waals surface area contributed by atoms with Gasteiger partial charge >= 0.3 is 6.03 Å². The highest BCUT2D eigenvalue weighted by Crippen LogP contribution is 2.47. The van der Waals surface area contributed by atoms with E-state index in [1.54, 1.807) is 4.68 Å². The fourth-order valence-corrected chi connectivity index (χ4v) is 3.02. The molecule has 2 amide bonds. The van der Waals surface area contributed by atoms with Gasteiger partial charge in [-0.2, -0.15) is 5.10 Å². The van der Waals surface area contributed by atoms with Crippen molar-refractivity contribution < 1.29 is 13.6 Å². The zero-order valence-electron chi connectivity index (χ0n) is 14.6. The van der Waals surface area contributed by atoms with E-state index in [2.05, 4.69) is 22.7 Å². The van der Waals surface area contributed by atoms with Gasteiger partial charge in [-0.05, 0) is 36.6 Å². The van der Waals surface area contributed by atoms with Crippen LogP contribution in [0.3, 0.4) is 0 Å². The highest BCUT2D eigenvalue weighted by atomic mass is 19.2. The molecule has 1 aliphatic rings. The molecule has 2 aromatic carbocycles. The Kier molecular flexibility index (Phi) is 4.35. The molecule has 0 bridgehead atoms. The SMILES string of the molecule is CC1CC1c1cc(NC(=O)Nc2ccc(F)c(F)c2)n(-c2ccccc2)n1. The first-order valence-electron chi connectivity index (χ1n) is 8.69. The molecule has 0 radical (unpaired) electrons. The molecule has 3 aromatic rings. The second-order valence-corrected chi connectivity index (χ2v) is 6.73. The quantitative estimate of drug-likeness (QED) is 0.687. The van der Waals surface area contributed by atoms with Crippen molar-refractivity contribution in [2.45, 2.75) is 19.3 Å². The highest BCUT2D eigenvalue weighted by Gasteiger charge is 2.36. The summed E-state index contributed by atoms with van der Waals surface area (Å²) in [6, 6.07) is 14.0. The Bertz CT molecular complexity index is 987. The van der Waals surface area contributed by atoms with Gasteiger partial charge in [-0.1, -0.05) is 25.1 Å². The lowest BCUT2D eigenvalue weighted by Gasteiger charge is -2.10. The summed E-state index contributed by atoms with van der Waals surface area (Å²) in [6.07, 6.45) is 1.08. The Morgan fingerprint density at radius 3 is 2.48 bits per heavy atom. The summed E-state index contributed by atoms with van der Waals surface area (Å²) in [5.41, 5.74) is 1.91. The Morgan fingerprint density at radius 1 is 1.07 bits per heavy atom. The number of carbonyl (C=O) groups is 1. The number of urea groups is 1. The fourth-order valence-electron chi connectivity index (χ4n) is 3.02. The third kappa shape index (κ3) is 3.67. The highest BCUT2D eigenvalue weighted by molar-refractivity contribution is 5.99. The molecule has 2 atom stereocenters. The van der Waals surface area contributed by atoms with Crippen molar-refractivity contribution in [1.29, 1.82) is 0 Å². The fraction of sp³-hybridized carbons (Fsp3) is 0.200.